The van der Waals surface area contributed by atoms with Gasteiger partial charge in [-0.25, -0.2) is 4.79 Å². The van der Waals surface area contributed by atoms with E-state index in [1.807, 2.05) is 25.1 Å². The molecule has 1 rings (SSSR count). The van der Waals surface area contributed by atoms with Crippen molar-refractivity contribution in [2.24, 2.45) is 0 Å². The van der Waals surface area contributed by atoms with Crippen LogP contribution in [0.1, 0.15) is 29.3 Å². The molecule has 1 atom stereocenters. The van der Waals surface area contributed by atoms with Crippen molar-refractivity contribution in [1.29, 1.82) is 0 Å². The highest BCUT2D eigenvalue weighted by Gasteiger charge is 2.11. The second-order valence-electron chi connectivity index (χ2n) is 4.09. The number of thioether (sulfide) groups is 1. The summed E-state index contributed by atoms with van der Waals surface area (Å²) in [6, 6.07) is 7.30. The highest BCUT2D eigenvalue weighted by atomic mass is 32.2. The predicted molar refractivity (Wildman–Crippen MR) is 75.2 cm³/mol. The van der Waals surface area contributed by atoms with Gasteiger partial charge in [-0.3, -0.25) is 4.79 Å². The molecule has 4 nitrogen and oxygen atoms in total. The van der Waals surface area contributed by atoms with E-state index in [-0.39, 0.29) is 17.2 Å². The lowest BCUT2D eigenvalue weighted by Gasteiger charge is -2.10. The number of hydrogen-bond donors (Lipinski definition) is 0. The van der Waals surface area contributed by atoms with Crippen molar-refractivity contribution in [3.63, 3.8) is 0 Å². The fourth-order valence-electron chi connectivity index (χ4n) is 1.52. The van der Waals surface area contributed by atoms with Gasteiger partial charge >= 0.3 is 11.9 Å². The van der Waals surface area contributed by atoms with Crippen molar-refractivity contribution in [3.8, 4) is 0 Å². The van der Waals surface area contributed by atoms with Crippen LogP contribution >= 0.6 is 11.8 Å². The normalized spacial score (nSPS) is 11.7. The lowest BCUT2D eigenvalue weighted by molar-refractivity contribution is -0.140. The van der Waals surface area contributed by atoms with Gasteiger partial charge in [0.25, 0.3) is 0 Å². The van der Waals surface area contributed by atoms with Crippen LogP contribution in [0.3, 0.4) is 0 Å². The van der Waals surface area contributed by atoms with Gasteiger partial charge in [0.05, 0.1) is 26.2 Å². The summed E-state index contributed by atoms with van der Waals surface area (Å²) < 4.78 is 9.30. The molecule has 19 heavy (non-hydrogen) atoms. The van der Waals surface area contributed by atoms with Gasteiger partial charge in [0.2, 0.25) is 0 Å². The highest BCUT2D eigenvalue weighted by Crippen LogP contribution is 2.21. The molecule has 0 amide bonds. The van der Waals surface area contributed by atoms with Gasteiger partial charge in [0, 0.05) is 11.0 Å². The lowest BCUT2D eigenvalue weighted by Crippen LogP contribution is -2.08. The summed E-state index contributed by atoms with van der Waals surface area (Å²) in [7, 11) is 2.75. The minimum absolute atomic E-state index is 0.175. The molecule has 0 aliphatic carbocycles. The van der Waals surface area contributed by atoms with Crippen molar-refractivity contribution in [2.75, 3.05) is 14.2 Å². The first-order valence-corrected chi connectivity index (χ1v) is 6.97. The second kappa shape index (κ2) is 7.84. The van der Waals surface area contributed by atoms with E-state index in [4.69, 9.17) is 0 Å². The second-order valence-corrected chi connectivity index (χ2v) is 5.52. The fourth-order valence-corrected chi connectivity index (χ4v) is 2.43. The third-order valence-corrected chi connectivity index (χ3v) is 3.80. The quantitative estimate of drug-likeness (QED) is 0.751. The Morgan fingerprint density at radius 1 is 1.26 bits per heavy atom. The number of rotatable bonds is 6. The minimum Gasteiger partial charge on any atom is -0.469 e. The molecule has 0 spiro atoms. The van der Waals surface area contributed by atoms with E-state index in [2.05, 4.69) is 9.47 Å². The smallest absolute Gasteiger partial charge is 0.337 e. The third kappa shape index (κ3) is 5.34. The van der Waals surface area contributed by atoms with Crippen LogP contribution < -0.4 is 0 Å². The zero-order valence-electron chi connectivity index (χ0n) is 11.3. The van der Waals surface area contributed by atoms with Crippen molar-refractivity contribution >= 4 is 23.7 Å². The van der Waals surface area contributed by atoms with Gasteiger partial charge in [-0.1, -0.05) is 19.1 Å². The Kier molecular flexibility index (Phi) is 6.42. The van der Waals surface area contributed by atoms with Gasteiger partial charge in [0.15, 0.2) is 0 Å². The molecule has 104 valence electrons. The van der Waals surface area contributed by atoms with Crippen LogP contribution in [0.25, 0.3) is 0 Å². The fraction of sp³-hybridized carbons (Fsp3) is 0.429. The molecular formula is C14H18O4S. The molecule has 0 aliphatic rings. The molecule has 0 heterocycles. The van der Waals surface area contributed by atoms with E-state index in [9.17, 15) is 9.59 Å². The minimum atomic E-state index is -0.338. The first-order chi connectivity index (χ1) is 9.06. The topological polar surface area (TPSA) is 52.6 Å². The molecule has 0 saturated heterocycles. The number of carbonyl (C=O) groups is 2. The average molecular weight is 282 g/mol. The first-order valence-electron chi connectivity index (χ1n) is 5.92. The molecule has 0 bridgehead atoms. The van der Waals surface area contributed by atoms with Crippen molar-refractivity contribution in [2.45, 2.75) is 24.3 Å². The van der Waals surface area contributed by atoms with Crippen LogP contribution in [0, 0.1) is 0 Å². The Morgan fingerprint density at radius 3 is 2.63 bits per heavy atom. The first kappa shape index (κ1) is 15.6. The van der Waals surface area contributed by atoms with Gasteiger partial charge in [-0.15, -0.1) is 0 Å². The van der Waals surface area contributed by atoms with E-state index in [0.717, 1.165) is 11.3 Å². The van der Waals surface area contributed by atoms with Crippen LogP contribution in [-0.2, 0) is 20.0 Å². The Labute approximate surface area is 117 Å². The summed E-state index contributed by atoms with van der Waals surface area (Å²) in [5, 5.41) is 0.175. The zero-order valence-corrected chi connectivity index (χ0v) is 12.2. The third-order valence-electron chi connectivity index (χ3n) is 2.56. The molecular weight excluding hydrogens is 264 g/mol. The maximum Gasteiger partial charge on any atom is 0.337 e. The molecule has 0 N–H and O–H groups in total. The lowest BCUT2D eigenvalue weighted by atomic mass is 10.1. The molecule has 0 radical (unpaired) electrons. The highest BCUT2D eigenvalue weighted by molar-refractivity contribution is 7.99. The summed E-state index contributed by atoms with van der Waals surface area (Å²) >= 11 is 1.65. The molecule has 1 unspecified atom stereocenters. The van der Waals surface area contributed by atoms with Crippen LogP contribution in [-0.4, -0.2) is 31.4 Å². The van der Waals surface area contributed by atoms with Gasteiger partial charge < -0.3 is 9.47 Å². The van der Waals surface area contributed by atoms with Crippen molar-refractivity contribution in [3.05, 3.63) is 35.4 Å². The molecule has 1 aromatic rings. The van der Waals surface area contributed by atoms with E-state index in [1.54, 1.807) is 17.8 Å². The molecule has 5 heteroatoms. The Hall–Kier alpha value is -1.49. The van der Waals surface area contributed by atoms with Crippen molar-refractivity contribution in [1.82, 2.24) is 0 Å². The number of esters is 2. The number of hydrogen-bond acceptors (Lipinski definition) is 5. The predicted octanol–water partition coefficient (Wildman–Crippen LogP) is 2.66. The summed E-state index contributed by atoms with van der Waals surface area (Å²) in [4.78, 5) is 22.5. The Balaban J connectivity index is 2.53. The Bertz CT molecular complexity index is 445. The van der Waals surface area contributed by atoms with E-state index >= 15 is 0 Å². The Morgan fingerprint density at radius 2 is 2.00 bits per heavy atom. The van der Waals surface area contributed by atoms with E-state index < -0.39 is 0 Å². The van der Waals surface area contributed by atoms with E-state index in [0.29, 0.717) is 12.0 Å². The summed E-state index contributed by atoms with van der Waals surface area (Å²) in [6.45, 7) is 1.98. The van der Waals surface area contributed by atoms with Crippen LogP contribution in [0.5, 0.6) is 0 Å². The zero-order chi connectivity index (χ0) is 14.3. The molecule has 1 aromatic carbocycles. The summed E-state index contributed by atoms with van der Waals surface area (Å²) in [5.41, 5.74) is 1.57. The maximum absolute atomic E-state index is 11.4. The monoisotopic (exact) mass is 282 g/mol. The largest absolute Gasteiger partial charge is 0.469 e. The number of methoxy groups -OCH3 is 2. The van der Waals surface area contributed by atoms with Gasteiger partial charge in [-0.05, 0) is 17.7 Å². The summed E-state index contributed by atoms with van der Waals surface area (Å²) in [5.74, 6) is 0.195. The van der Waals surface area contributed by atoms with E-state index in [1.165, 1.54) is 14.2 Å². The molecule has 0 aliphatic heterocycles. The number of carbonyl (C=O) groups excluding carboxylic acids is 2. The SMILES string of the molecule is COC(=O)CC(C)SCc1cccc(C(=O)OC)c1. The molecule has 0 aromatic heterocycles. The number of benzene rings is 1. The summed E-state index contributed by atoms with van der Waals surface area (Å²) in [6.07, 6.45) is 0.387. The number of ether oxygens (including phenoxy) is 2. The molecule has 0 saturated carbocycles. The van der Waals surface area contributed by atoms with Crippen LogP contribution in [0.4, 0.5) is 0 Å². The van der Waals surface area contributed by atoms with Gasteiger partial charge in [0.1, 0.15) is 0 Å². The maximum atomic E-state index is 11.4. The van der Waals surface area contributed by atoms with Crippen LogP contribution in [0.2, 0.25) is 0 Å². The van der Waals surface area contributed by atoms with Gasteiger partial charge in [-0.2, -0.15) is 11.8 Å². The van der Waals surface area contributed by atoms with Crippen molar-refractivity contribution < 1.29 is 19.1 Å². The van der Waals surface area contributed by atoms with Crippen LogP contribution in [0.15, 0.2) is 24.3 Å². The average Bonchev–Trinajstić information content (AvgIpc) is 2.44. The molecule has 0 fully saturated rings. The standard InChI is InChI=1S/C14H18O4S/c1-10(7-13(15)17-2)19-9-11-5-4-6-12(8-11)14(16)18-3/h4-6,8,10H,7,9H2,1-3H3.